The molecule has 2 aliphatic rings. The van der Waals surface area contributed by atoms with Crippen molar-refractivity contribution in [1.82, 2.24) is 14.9 Å². The molecular formula is C29H28F6N5O6P. The van der Waals surface area contributed by atoms with Gasteiger partial charge < -0.3 is 29.7 Å². The first-order chi connectivity index (χ1) is 22.0. The molecule has 11 nitrogen and oxygen atoms in total. The largest absolute Gasteiger partial charge is 0.495 e. The van der Waals surface area contributed by atoms with Crippen LogP contribution in [-0.2, 0) is 26.6 Å². The summed E-state index contributed by atoms with van der Waals surface area (Å²) in [6.07, 6.45) is -9.31. The van der Waals surface area contributed by atoms with Crippen LogP contribution in [0.1, 0.15) is 58.6 Å². The molecule has 252 valence electrons. The van der Waals surface area contributed by atoms with Crippen LogP contribution >= 0.6 is 7.60 Å². The molecule has 3 N–H and O–H groups in total. The molecular weight excluding hydrogens is 659 g/mol. The van der Waals surface area contributed by atoms with Crippen LogP contribution in [0.2, 0.25) is 0 Å². The maximum absolute atomic E-state index is 14.0. The number of ether oxygens (including phenoxy) is 1. The monoisotopic (exact) mass is 687 g/mol. The highest BCUT2D eigenvalue weighted by molar-refractivity contribution is 7.54. The van der Waals surface area contributed by atoms with E-state index in [1.807, 2.05) is 0 Å². The minimum absolute atomic E-state index is 0.0417. The van der Waals surface area contributed by atoms with E-state index in [0.29, 0.717) is 28.8 Å². The minimum Gasteiger partial charge on any atom is -0.495 e. The Morgan fingerprint density at radius 2 is 1.70 bits per heavy atom. The lowest BCUT2D eigenvalue weighted by atomic mass is 9.81. The van der Waals surface area contributed by atoms with Crippen LogP contribution in [0.3, 0.4) is 0 Å². The zero-order valence-electron chi connectivity index (χ0n) is 24.8. The second-order valence-electron chi connectivity index (χ2n) is 11.1. The number of halogens is 6. The molecule has 1 aliphatic heterocycles. The number of para-hydroxylation sites is 2. The molecule has 0 saturated heterocycles. The van der Waals surface area contributed by atoms with Gasteiger partial charge in [-0.3, -0.25) is 4.79 Å². The van der Waals surface area contributed by atoms with Gasteiger partial charge in [-0.2, -0.15) is 31.3 Å². The first kappa shape index (κ1) is 34.0. The maximum atomic E-state index is 14.0. The highest BCUT2D eigenvalue weighted by Crippen LogP contribution is 2.56. The number of alkyl halides is 6. The van der Waals surface area contributed by atoms with Crippen LogP contribution in [0.15, 0.2) is 42.6 Å². The quantitative estimate of drug-likeness (QED) is 0.169. The van der Waals surface area contributed by atoms with Crippen molar-refractivity contribution in [1.29, 1.82) is 0 Å². The summed E-state index contributed by atoms with van der Waals surface area (Å²) in [5, 5.41) is 5.50. The molecule has 47 heavy (non-hydrogen) atoms. The van der Waals surface area contributed by atoms with Gasteiger partial charge >= 0.3 is 25.9 Å². The molecule has 2 aromatic carbocycles. The van der Waals surface area contributed by atoms with E-state index in [1.165, 1.54) is 25.1 Å². The van der Waals surface area contributed by atoms with E-state index in [4.69, 9.17) is 4.74 Å². The third kappa shape index (κ3) is 7.15. The molecule has 1 fully saturated rings. The summed E-state index contributed by atoms with van der Waals surface area (Å²) in [4.78, 5) is 43.8. The molecule has 1 saturated carbocycles. The molecule has 18 heteroatoms. The third-order valence-electron chi connectivity index (χ3n) is 8.05. The molecule has 1 unspecified atom stereocenters. The number of hydrogen-bond donors (Lipinski definition) is 3. The van der Waals surface area contributed by atoms with Crippen LogP contribution in [0.5, 0.6) is 5.75 Å². The van der Waals surface area contributed by atoms with Gasteiger partial charge in [0.2, 0.25) is 5.95 Å². The highest BCUT2D eigenvalue weighted by atomic mass is 31.2. The van der Waals surface area contributed by atoms with Gasteiger partial charge in [-0.15, -0.1) is 0 Å². The predicted molar refractivity (Wildman–Crippen MR) is 156 cm³/mol. The van der Waals surface area contributed by atoms with Crippen LogP contribution < -0.4 is 15.4 Å². The number of benzene rings is 2. The lowest BCUT2D eigenvalue weighted by Crippen LogP contribution is -2.27. The number of rotatable bonds is 8. The molecule has 0 spiro atoms. The van der Waals surface area contributed by atoms with Gasteiger partial charge in [0.05, 0.1) is 29.7 Å². The Bertz CT molecular complexity index is 1750. The van der Waals surface area contributed by atoms with Crippen molar-refractivity contribution in [2.75, 3.05) is 24.8 Å². The first-order valence-electron chi connectivity index (χ1n) is 14.1. The number of nitrogens with zero attached hydrogens (tertiary/aromatic N) is 3. The third-order valence-corrected chi connectivity index (χ3v) is 9.92. The fourth-order valence-corrected chi connectivity index (χ4v) is 7.20. The van der Waals surface area contributed by atoms with E-state index in [0.717, 1.165) is 0 Å². The molecule has 0 radical (unpaired) electrons. The van der Waals surface area contributed by atoms with Gasteiger partial charge in [0.15, 0.2) is 0 Å². The van der Waals surface area contributed by atoms with Gasteiger partial charge in [-0.05, 0) is 60.9 Å². The van der Waals surface area contributed by atoms with Crippen molar-refractivity contribution in [2.24, 2.45) is 0 Å². The average molecular weight is 688 g/mol. The molecule has 1 aromatic heterocycles. The second-order valence-corrected chi connectivity index (χ2v) is 13.1. The number of carbonyl (C=O) groups is 2. The van der Waals surface area contributed by atoms with Crippen LogP contribution in [0.25, 0.3) is 0 Å². The number of aromatic nitrogens is 2. The zero-order chi connectivity index (χ0) is 34.3. The van der Waals surface area contributed by atoms with E-state index in [2.05, 4.69) is 25.1 Å². The van der Waals surface area contributed by atoms with E-state index in [9.17, 15) is 45.4 Å². The summed E-state index contributed by atoms with van der Waals surface area (Å²) in [6.45, 7) is 0.122. The Balaban J connectivity index is 1.42. The Morgan fingerprint density at radius 3 is 2.34 bits per heavy atom. The van der Waals surface area contributed by atoms with Crippen molar-refractivity contribution in [3.8, 4) is 5.75 Å². The summed E-state index contributed by atoms with van der Waals surface area (Å²) in [5.74, 6) is -3.91. The van der Waals surface area contributed by atoms with Crippen LogP contribution in [0, 0.1) is 0 Å². The molecule has 1 amide bonds. The zero-order valence-corrected chi connectivity index (χ0v) is 25.7. The van der Waals surface area contributed by atoms with Crippen LogP contribution in [0.4, 0.5) is 49.5 Å². The maximum Gasteiger partial charge on any atom is 0.491 e. The Morgan fingerprint density at radius 1 is 1.02 bits per heavy atom. The number of amides is 1. The van der Waals surface area contributed by atoms with Gasteiger partial charge in [0.25, 0.3) is 5.91 Å². The summed E-state index contributed by atoms with van der Waals surface area (Å²) < 4.78 is 102. The van der Waals surface area contributed by atoms with E-state index < -0.39 is 48.9 Å². The smallest absolute Gasteiger partial charge is 0.491 e. The Labute approximate surface area is 263 Å². The Hall–Kier alpha value is -4.37. The van der Waals surface area contributed by atoms with Crippen molar-refractivity contribution in [2.45, 2.75) is 56.2 Å². The molecule has 2 heterocycles. The van der Waals surface area contributed by atoms with Gasteiger partial charge in [-0.1, -0.05) is 18.2 Å². The molecule has 5 rings (SSSR count). The second kappa shape index (κ2) is 12.7. The van der Waals surface area contributed by atoms with Crippen LogP contribution in [-0.4, -0.2) is 57.6 Å². The normalized spacial score (nSPS) is 19.5. The molecule has 1 atom stereocenters. The van der Waals surface area contributed by atoms with Crippen molar-refractivity contribution < 1.29 is 54.7 Å². The molecule has 0 bridgehead atoms. The van der Waals surface area contributed by atoms with Gasteiger partial charge in [0.1, 0.15) is 17.1 Å². The number of hydrogen-bond acceptors (Lipinski definition) is 9. The fraction of sp³-hybridized carbons (Fsp3) is 0.379. The highest BCUT2D eigenvalue weighted by Gasteiger charge is 2.48. The SMILES string of the molecule is COc1ccccc1Nc1ncc(C(F)(F)F)c(Nc2ccc(C3CCC(P(=O)(O)OC(=O)C(F)(F)F)CC3)c3c2C(=O)N(C)C3)n1. The predicted octanol–water partition coefficient (Wildman–Crippen LogP) is 6.89. The number of methoxy groups -OCH3 is 1. The van der Waals surface area contributed by atoms with Crippen molar-refractivity contribution in [3.05, 3.63) is 64.8 Å². The van der Waals surface area contributed by atoms with E-state index >= 15 is 0 Å². The molecule has 1 aliphatic carbocycles. The summed E-state index contributed by atoms with van der Waals surface area (Å²) in [7, 11) is -1.99. The van der Waals surface area contributed by atoms with Gasteiger partial charge in [-0.25, -0.2) is 14.3 Å². The first-order valence-corrected chi connectivity index (χ1v) is 15.8. The van der Waals surface area contributed by atoms with Crippen molar-refractivity contribution in [3.63, 3.8) is 0 Å². The number of carbonyl (C=O) groups excluding carboxylic acids is 2. The molecule has 3 aromatic rings. The minimum atomic E-state index is -5.43. The lowest BCUT2D eigenvalue weighted by molar-refractivity contribution is -0.190. The summed E-state index contributed by atoms with van der Waals surface area (Å²) in [6, 6.07) is 9.71. The fourth-order valence-electron chi connectivity index (χ4n) is 5.76. The number of anilines is 4. The Kier molecular flexibility index (Phi) is 9.16. The van der Waals surface area contributed by atoms with E-state index in [-0.39, 0.29) is 55.3 Å². The standard InChI is InChI=1S/C29H28F6N5O6P/c1-40-14-18-17(15-7-9-16(10-8-15)47(43,44)46-26(42)29(33,34)35)11-12-21(23(18)25(40)41)37-24-19(28(30,31)32)13-36-27(39-24)38-20-5-3-4-6-22(20)45-2/h3-6,11-13,15-16H,7-10,14H2,1-2H3,(H,43,44)(H2,36,37,38,39). The topological polar surface area (TPSA) is 143 Å². The average Bonchev–Trinajstić information content (AvgIpc) is 3.30. The number of nitrogens with one attached hydrogen (secondary N) is 2. The van der Waals surface area contributed by atoms with Gasteiger partial charge in [0, 0.05) is 19.8 Å². The summed E-state index contributed by atoms with van der Waals surface area (Å²) in [5.41, 5.74) is -0.634. The van der Waals surface area contributed by atoms with Crippen molar-refractivity contribution >= 4 is 42.6 Å². The lowest BCUT2D eigenvalue weighted by Gasteiger charge is -2.31. The number of fused-ring (bicyclic) bond motifs is 1. The summed E-state index contributed by atoms with van der Waals surface area (Å²) >= 11 is 0. The van der Waals surface area contributed by atoms with E-state index in [1.54, 1.807) is 30.3 Å².